The van der Waals surface area contributed by atoms with Crippen molar-refractivity contribution in [3.05, 3.63) is 18.2 Å². The predicted molar refractivity (Wildman–Crippen MR) is 73.6 cm³/mol. The van der Waals surface area contributed by atoms with Gasteiger partial charge in [0, 0.05) is 24.9 Å². The third-order valence-corrected chi connectivity index (χ3v) is 2.27. The molecule has 0 aliphatic carbocycles. The molecule has 1 aromatic heterocycles. The number of amides is 1. The van der Waals surface area contributed by atoms with E-state index in [0.29, 0.717) is 19.5 Å². The zero-order valence-corrected chi connectivity index (χ0v) is 12.0. The number of imidazole rings is 1. The van der Waals surface area contributed by atoms with Gasteiger partial charge in [-0.3, -0.25) is 0 Å². The standard InChI is InChI=1S/C14H21N3O2/c1-5-6-9-17-11-15-10-12(17)7-8-16-13(18)19-14(2,3)4/h10-11H,7-9H2,1-4H3,(H,16,18). The molecule has 0 aliphatic rings. The molecular weight excluding hydrogens is 242 g/mol. The van der Waals surface area contributed by atoms with Gasteiger partial charge in [0.2, 0.25) is 0 Å². The first kappa shape index (κ1) is 15.1. The summed E-state index contributed by atoms with van der Waals surface area (Å²) in [6.45, 7) is 8.46. The van der Waals surface area contributed by atoms with Crippen molar-refractivity contribution in [3.63, 3.8) is 0 Å². The van der Waals surface area contributed by atoms with Crippen LogP contribution in [-0.4, -0.2) is 27.8 Å². The van der Waals surface area contributed by atoms with Crippen molar-refractivity contribution < 1.29 is 9.53 Å². The molecule has 1 heterocycles. The summed E-state index contributed by atoms with van der Waals surface area (Å²) in [6.07, 6.45) is 3.83. The van der Waals surface area contributed by atoms with Gasteiger partial charge < -0.3 is 14.6 Å². The highest BCUT2D eigenvalue weighted by molar-refractivity contribution is 5.67. The fraction of sp³-hybridized carbons (Fsp3) is 0.571. The van der Waals surface area contributed by atoms with E-state index in [4.69, 9.17) is 4.74 Å². The molecular formula is C14H21N3O2. The Labute approximate surface area is 114 Å². The van der Waals surface area contributed by atoms with Crippen LogP contribution in [0.5, 0.6) is 0 Å². The first-order chi connectivity index (χ1) is 8.92. The van der Waals surface area contributed by atoms with Crippen LogP contribution < -0.4 is 5.32 Å². The van der Waals surface area contributed by atoms with Crippen LogP contribution >= 0.6 is 0 Å². The van der Waals surface area contributed by atoms with E-state index in [1.807, 2.05) is 25.3 Å². The summed E-state index contributed by atoms with van der Waals surface area (Å²) in [7, 11) is 0. The van der Waals surface area contributed by atoms with Crippen LogP contribution in [0.15, 0.2) is 12.5 Å². The predicted octanol–water partition coefficient (Wildman–Crippen LogP) is 1.97. The highest BCUT2D eigenvalue weighted by atomic mass is 16.6. The first-order valence-corrected chi connectivity index (χ1v) is 6.28. The lowest BCUT2D eigenvalue weighted by atomic mass is 10.2. The third-order valence-electron chi connectivity index (χ3n) is 2.27. The van der Waals surface area contributed by atoms with Crippen molar-refractivity contribution in [2.45, 2.75) is 46.3 Å². The quantitative estimate of drug-likeness (QED) is 0.845. The largest absolute Gasteiger partial charge is 0.444 e. The number of carbonyl (C=O) groups excluding carboxylic acids is 1. The zero-order chi connectivity index (χ0) is 14.3. The molecule has 0 radical (unpaired) electrons. The normalized spacial score (nSPS) is 10.5. The molecule has 1 rings (SSSR count). The Bertz CT molecular complexity index is 475. The molecule has 104 valence electrons. The second-order valence-electron chi connectivity index (χ2n) is 5.12. The molecule has 1 aromatic rings. The second kappa shape index (κ2) is 6.83. The van der Waals surface area contributed by atoms with E-state index < -0.39 is 11.7 Å². The highest BCUT2D eigenvalue weighted by Gasteiger charge is 2.15. The molecule has 0 unspecified atom stereocenters. The third kappa shape index (κ3) is 5.96. The molecule has 19 heavy (non-hydrogen) atoms. The topological polar surface area (TPSA) is 56.2 Å². The van der Waals surface area contributed by atoms with E-state index in [9.17, 15) is 4.79 Å². The van der Waals surface area contributed by atoms with E-state index in [0.717, 1.165) is 5.69 Å². The summed E-state index contributed by atoms with van der Waals surface area (Å²) >= 11 is 0. The van der Waals surface area contributed by atoms with Crippen LogP contribution in [0.3, 0.4) is 0 Å². The number of ether oxygens (including phenoxy) is 1. The second-order valence-corrected chi connectivity index (χ2v) is 5.12. The Kier molecular flexibility index (Phi) is 5.43. The number of nitrogens with one attached hydrogen (secondary N) is 1. The van der Waals surface area contributed by atoms with Crippen molar-refractivity contribution in [1.29, 1.82) is 0 Å². The van der Waals surface area contributed by atoms with Crippen LogP contribution in [0.1, 0.15) is 33.4 Å². The van der Waals surface area contributed by atoms with Gasteiger partial charge >= 0.3 is 6.09 Å². The summed E-state index contributed by atoms with van der Waals surface area (Å²) in [5, 5.41) is 2.72. The van der Waals surface area contributed by atoms with Crippen LogP contribution in [0.4, 0.5) is 4.79 Å². The maximum absolute atomic E-state index is 11.5. The van der Waals surface area contributed by atoms with Crippen LogP contribution in [0.2, 0.25) is 0 Å². The number of hydrogen-bond donors (Lipinski definition) is 1. The lowest BCUT2D eigenvalue weighted by Crippen LogP contribution is -2.33. The van der Waals surface area contributed by atoms with Crippen molar-refractivity contribution >= 4 is 6.09 Å². The summed E-state index contributed by atoms with van der Waals surface area (Å²) in [4.78, 5) is 15.5. The van der Waals surface area contributed by atoms with Gasteiger partial charge in [0.1, 0.15) is 5.60 Å². The van der Waals surface area contributed by atoms with Gasteiger partial charge in [0.25, 0.3) is 0 Å². The van der Waals surface area contributed by atoms with Gasteiger partial charge in [-0.05, 0) is 27.7 Å². The minimum Gasteiger partial charge on any atom is -0.444 e. The number of carbonyl (C=O) groups is 1. The summed E-state index contributed by atoms with van der Waals surface area (Å²) in [6, 6.07) is 0. The van der Waals surface area contributed by atoms with E-state index in [1.165, 1.54) is 0 Å². The van der Waals surface area contributed by atoms with E-state index in [2.05, 4.69) is 22.1 Å². The molecule has 1 N–H and O–H groups in total. The molecule has 0 fully saturated rings. The lowest BCUT2D eigenvalue weighted by Gasteiger charge is -2.19. The fourth-order valence-electron chi connectivity index (χ4n) is 1.47. The average Bonchev–Trinajstić information content (AvgIpc) is 2.71. The van der Waals surface area contributed by atoms with Gasteiger partial charge in [-0.25, -0.2) is 9.78 Å². The number of alkyl carbamates (subject to hydrolysis) is 1. The Hall–Kier alpha value is -1.96. The van der Waals surface area contributed by atoms with Gasteiger partial charge in [-0.15, -0.1) is 5.92 Å². The minimum atomic E-state index is -0.470. The van der Waals surface area contributed by atoms with E-state index >= 15 is 0 Å². The molecule has 0 aliphatic heterocycles. The van der Waals surface area contributed by atoms with Crippen LogP contribution in [-0.2, 0) is 17.7 Å². The smallest absolute Gasteiger partial charge is 0.407 e. The minimum absolute atomic E-state index is 0.396. The van der Waals surface area contributed by atoms with Crippen LogP contribution in [0, 0.1) is 11.8 Å². The Morgan fingerprint density at radius 3 is 2.89 bits per heavy atom. The highest BCUT2D eigenvalue weighted by Crippen LogP contribution is 2.06. The average molecular weight is 263 g/mol. The molecule has 0 aromatic carbocycles. The van der Waals surface area contributed by atoms with Gasteiger partial charge in [-0.2, -0.15) is 0 Å². The summed E-state index contributed by atoms with van der Waals surface area (Å²) in [5.74, 6) is 5.83. The fourth-order valence-corrected chi connectivity index (χ4v) is 1.47. The Morgan fingerprint density at radius 1 is 1.53 bits per heavy atom. The number of hydrogen-bond acceptors (Lipinski definition) is 3. The number of rotatable bonds is 4. The van der Waals surface area contributed by atoms with Gasteiger partial charge in [-0.1, -0.05) is 5.92 Å². The maximum atomic E-state index is 11.5. The first-order valence-electron chi connectivity index (χ1n) is 6.28. The van der Waals surface area contributed by atoms with Crippen molar-refractivity contribution in [2.75, 3.05) is 6.54 Å². The molecule has 0 saturated carbocycles. The van der Waals surface area contributed by atoms with Crippen LogP contribution in [0.25, 0.3) is 0 Å². The molecule has 0 atom stereocenters. The molecule has 0 bridgehead atoms. The molecule has 0 saturated heterocycles. The number of nitrogens with zero attached hydrogens (tertiary/aromatic N) is 2. The van der Waals surface area contributed by atoms with Crippen molar-refractivity contribution in [3.8, 4) is 11.8 Å². The zero-order valence-electron chi connectivity index (χ0n) is 12.0. The van der Waals surface area contributed by atoms with Crippen molar-refractivity contribution in [2.24, 2.45) is 0 Å². The van der Waals surface area contributed by atoms with Gasteiger partial charge in [0.05, 0.1) is 12.9 Å². The molecule has 1 amide bonds. The Balaban J connectivity index is 2.38. The number of aromatic nitrogens is 2. The van der Waals surface area contributed by atoms with Crippen molar-refractivity contribution in [1.82, 2.24) is 14.9 Å². The summed E-state index contributed by atoms with van der Waals surface area (Å²) < 4.78 is 7.12. The monoisotopic (exact) mass is 263 g/mol. The lowest BCUT2D eigenvalue weighted by molar-refractivity contribution is 0.0528. The van der Waals surface area contributed by atoms with E-state index in [-0.39, 0.29) is 0 Å². The molecule has 0 spiro atoms. The van der Waals surface area contributed by atoms with E-state index in [1.54, 1.807) is 19.4 Å². The molecule has 5 nitrogen and oxygen atoms in total. The Morgan fingerprint density at radius 2 is 2.26 bits per heavy atom. The summed E-state index contributed by atoms with van der Waals surface area (Å²) in [5.41, 5.74) is 0.571. The van der Waals surface area contributed by atoms with Gasteiger partial charge in [0.15, 0.2) is 0 Å². The maximum Gasteiger partial charge on any atom is 0.407 e. The SMILES string of the molecule is CC#CCn1cncc1CCNC(=O)OC(C)(C)C. The molecule has 5 heteroatoms.